The van der Waals surface area contributed by atoms with E-state index in [-0.39, 0.29) is 5.56 Å². The van der Waals surface area contributed by atoms with E-state index in [4.69, 9.17) is 10.1 Å². The fraction of sp³-hybridized carbons (Fsp3) is 0.200. The van der Waals surface area contributed by atoms with Gasteiger partial charge in [0.05, 0.1) is 34.7 Å². The van der Waals surface area contributed by atoms with Crippen molar-refractivity contribution in [3.8, 4) is 22.6 Å². The summed E-state index contributed by atoms with van der Waals surface area (Å²) in [5, 5.41) is 5.20. The molecule has 2 aromatic carbocycles. The zero-order valence-corrected chi connectivity index (χ0v) is 18.1. The number of hydrogen-bond donors (Lipinski definition) is 2. The quantitative estimate of drug-likeness (QED) is 0.390. The number of aryl methyl sites for hydroxylation is 2. The van der Waals surface area contributed by atoms with E-state index in [2.05, 4.69) is 15.0 Å². The molecular formula is C25H20F2N6O. The molecule has 1 saturated carbocycles. The molecule has 5 aromatic rings. The van der Waals surface area contributed by atoms with E-state index < -0.39 is 11.6 Å². The van der Waals surface area contributed by atoms with Gasteiger partial charge in [-0.2, -0.15) is 5.10 Å². The van der Waals surface area contributed by atoms with Crippen LogP contribution < -0.4 is 5.56 Å². The second kappa shape index (κ2) is 8.02. The minimum Gasteiger partial charge on any atom is -0.340 e. The fourth-order valence-electron chi connectivity index (χ4n) is 4.18. The Hall–Kier alpha value is -4.14. The van der Waals surface area contributed by atoms with Gasteiger partial charge in [-0.25, -0.2) is 18.7 Å². The van der Waals surface area contributed by atoms with E-state index in [1.165, 1.54) is 18.5 Å². The predicted molar refractivity (Wildman–Crippen MR) is 123 cm³/mol. The highest BCUT2D eigenvalue weighted by atomic mass is 19.1. The van der Waals surface area contributed by atoms with Crippen molar-refractivity contribution in [3.05, 3.63) is 88.4 Å². The number of nitrogens with one attached hydrogen (secondary N) is 2. The lowest BCUT2D eigenvalue weighted by atomic mass is 10.1. The molecule has 0 radical (unpaired) electrons. The van der Waals surface area contributed by atoms with Crippen LogP contribution in [-0.2, 0) is 12.8 Å². The Labute approximate surface area is 192 Å². The summed E-state index contributed by atoms with van der Waals surface area (Å²) >= 11 is 0. The molecule has 7 nitrogen and oxygen atoms in total. The van der Waals surface area contributed by atoms with Crippen LogP contribution in [0.2, 0.25) is 0 Å². The van der Waals surface area contributed by atoms with E-state index in [1.54, 1.807) is 12.1 Å². The average molecular weight is 458 g/mol. The van der Waals surface area contributed by atoms with Gasteiger partial charge in [-0.1, -0.05) is 6.07 Å². The van der Waals surface area contributed by atoms with Crippen LogP contribution in [0.1, 0.15) is 30.3 Å². The van der Waals surface area contributed by atoms with Crippen LogP contribution in [0.4, 0.5) is 8.78 Å². The topological polar surface area (TPSA) is 92.3 Å². The number of imidazole rings is 1. The predicted octanol–water partition coefficient (Wildman–Crippen LogP) is 4.58. The molecule has 34 heavy (non-hydrogen) atoms. The number of benzene rings is 2. The Kier molecular flexibility index (Phi) is 4.83. The van der Waals surface area contributed by atoms with Crippen molar-refractivity contribution in [2.24, 2.45) is 0 Å². The Bertz CT molecular complexity index is 1560. The largest absolute Gasteiger partial charge is 0.340 e. The van der Waals surface area contributed by atoms with Crippen molar-refractivity contribution < 1.29 is 8.78 Å². The molecule has 0 saturated heterocycles. The van der Waals surface area contributed by atoms with Gasteiger partial charge in [0, 0.05) is 24.2 Å². The molecule has 1 aliphatic carbocycles. The molecule has 0 atom stereocenters. The summed E-state index contributed by atoms with van der Waals surface area (Å²) in [6.45, 7) is 0. The van der Waals surface area contributed by atoms with E-state index in [9.17, 15) is 13.6 Å². The highest BCUT2D eigenvalue weighted by Crippen LogP contribution is 2.36. The third kappa shape index (κ3) is 3.89. The number of H-pyrrole nitrogens is 2. The molecule has 0 bridgehead atoms. The molecule has 2 N–H and O–H groups in total. The Morgan fingerprint density at radius 3 is 2.65 bits per heavy atom. The standard InChI is InChI=1S/C25H20F2N6O/c26-16-9-14(10-17(27)12-16)1-6-22-30-23(15-2-5-20-19(11-15)25(34)29-13-28-20)24(31-22)21-7-8-33(32-21)18-3-4-18/h2,5,7-13,18H,1,3-4,6H2,(H,30,31)(H,28,29,34). The number of aromatic nitrogens is 6. The van der Waals surface area contributed by atoms with Gasteiger partial charge in [-0.05, 0) is 55.2 Å². The molecular weight excluding hydrogens is 438 g/mol. The maximum Gasteiger partial charge on any atom is 0.258 e. The lowest BCUT2D eigenvalue weighted by molar-refractivity contribution is 0.579. The first-order valence-corrected chi connectivity index (χ1v) is 11.1. The van der Waals surface area contributed by atoms with E-state index in [1.807, 2.05) is 23.0 Å². The monoisotopic (exact) mass is 458 g/mol. The summed E-state index contributed by atoms with van der Waals surface area (Å²) in [7, 11) is 0. The zero-order chi connectivity index (χ0) is 23.2. The molecule has 0 spiro atoms. The van der Waals surface area contributed by atoms with Gasteiger partial charge in [0.1, 0.15) is 23.2 Å². The number of aromatic amines is 2. The first-order chi connectivity index (χ1) is 16.5. The molecule has 0 aliphatic heterocycles. The lowest BCUT2D eigenvalue weighted by Crippen LogP contribution is -2.06. The summed E-state index contributed by atoms with van der Waals surface area (Å²) in [6, 6.07) is 11.3. The highest BCUT2D eigenvalue weighted by molar-refractivity contribution is 5.86. The SMILES string of the molecule is O=c1[nH]cnc2ccc(-c3nc(CCc4cc(F)cc(F)c4)[nH]c3-c3ccn(C4CC4)n3)cc12. The second-order valence-corrected chi connectivity index (χ2v) is 8.56. The van der Waals surface area contributed by atoms with Gasteiger partial charge in [-0.15, -0.1) is 0 Å². The first kappa shape index (κ1) is 20.5. The van der Waals surface area contributed by atoms with Gasteiger partial charge < -0.3 is 9.97 Å². The van der Waals surface area contributed by atoms with Crippen molar-refractivity contribution in [1.82, 2.24) is 29.7 Å². The van der Waals surface area contributed by atoms with Crippen LogP contribution in [0.15, 0.2) is 59.8 Å². The van der Waals surface area contributed by atoms with Crippen LogP contribution >= 0.6 is 0 Å². The number of halogens is 2. The molecule has 3 aromatic heterocycles. The fourth-order valence-corrected chi connectivity index (χ4v) is 4.18. The Morgan fingerprint density at radius 1 is 1.03 bits per heavy atom. The van der Waals surface area contributed by atoms with Crippen molar-refractivity contribution in [2.45, 2.75) is 31.7 Å². The molecule has 3 heterocycles. The average Bonchev–Trinajstić information content (AvgIpc) is 3.39. The number of hydrogen-bond acceptors (Lipinski definition) is 4. The van der Waals surface area contributed by atoms with Crippen molar-refractivity contribution in [3.63, 3.8) is 0 Å². The van der Waals surface area contributed by atoms with Crippen LogP contribution in [-0.4, -0.2) is 29.7 Å². The molecule has 0 amide bonds. The third-order valence-corrected chi connectivity index (χ3v) is 6.03. The first-order valence-electron chi connectivity index (χ1n) is 11.1. The Balaban J connectivity index is 1.40. The van der Waals surface area contributed by atoms with Crippen LogP contribution in [0, 0.1) is 11.6 Å². The molecule has 0 unspecified atom stereocenters. The van der Waals surface area contributed by atoms with Crippen LogP contribution in [0.5, 0.6) is 0 Å². The van der Waals surface area contributed by atoms with Gasteiger partial charge in [-0.3, -0.25) is 9.48 Å². The zero-order valence-electron chi connectivity index (χ0n) is 18.1. The highest BCUT2D eigenvalue weighted by Gasteiger charge is 2.25. The molecule has 6 rings (SSSR count). The minimum atomic E-state index is -0.601. The molecule has 170 valence electrons. The van der Waals surface area contributed by atoms with E-state index >= 15 is 0 Å². The summed E-state index contributed by atoms with van der Waals surface area (Å²) < 4.78 is 29.1. The smallest absolute Gasteiger partial charge is 0.258 e. The summed E-state index contributed by atoms with van der Waals surface area (Å²) in [5.41, 5.74) is 3.81. The number of nitrogens with zero attached hydrogens (tertiary/aromatic N) is 4. The normalized spacial score (nSPS) is 13.6. The summed E-state index contributed by atoms with van der Waals surface area (Å²) in [4.78, 5) is 27.3. The number of rotatable bonds is 6. The molecule has 1 fully saturated rings. The molecule has 1 aliphatic rings. The van der Waals surface area contributed by atoms with Gasteiger partial charge in [0.25, 0.3) is 5.56 Å². The van der Waals surface area contributed by atoms with Crippen LogP contribution in [0.25, 0.3) is 33.5 Å². The van der Waals surface area contributed by atoms with Gasteiger partial charge in [0.2, 0.25) is 0 Å². The van der Waals surface area contributed by atoms with Gasteiger partial charge in [0.15, 0.2) is 0 Å². The molecule has 9 heteroatoms. The summed E-state index contributed by atoms with van der Waals surface area (Å²) in [6.07, 6.45) is 6.44. The van der Waals surface area contributed by atoms with Crippen molar-refractivity contribution in [1.29, 1.82) is 0 Å². The van der Waals surface area contributed by atoms with Crippen molar-refractivity contribution in [2.75, 3.05) is 0 Å². The third-order valence-electron chi connectivity index (χ3n) is 6.03. The van der Waals surface area contributed by atoms with Gasteiger partial charge >= 0.3 is 0 Å². The minimum absolute atomic E-state index is 0.227. The maximum absolute atomic E-state index is 13.6. The Morgan fingerprint density at radius 2 is 1.85 bits per heavy atom. The lowest BCUT2D eigenvalue weighted by Gasteiger charge is -2.03. The summed E-state index contributed by atoms with van der Waals surface area (Å²) in [5.74, 6) is -0.538. The second-order valence-electron chi connectivity index (χ2n) is 8.56. The maximum atomic E-state index is 13.6. The van der Waals surface area contributed by atoms with Crippen molar-refractivity contribution >= 4 is 10.9 Å². The van der Waals surface area contributed by atoms with Crippen LogP contribution in [0.3, 0.4) is 0 Å². The van der Waals surface area contributed by atoms with E-state index in [0.29, 0.717) is 46.9 Å². The number of fused-ring (bicyclic) bond motifs is 1. The van der Waals surface area contributed by atoms with E-state index in [0.717, 1.165) is 35.9 Å².